The molecule has 6 heteroatoms. The molecular formula is C26H42N2O4. The van der Waals surface area contributed by atoms with Crippen molar-refractivity contribution in [3.05, 3.63) is 35.4 Å². The summed E-state index contributed by atoms with van der Waals surface area (Å²) in [6.07, 6.45) is 3.04. The average Bonchev–Trinajstić information content (AvgIpc) is 2.63. The Kier molecular flexibility index (Phi) is 10.6. The first-order valence-corrected chi connectivity index (χ1v) is 11.4. The summed E-state index contributed by atoms with van der Waals surface area (Å²) in [6.45, 7) is 16.4. The number of ether oxygens (including phenoxy) is 1. The Hall–Kier alpha value is -2.21. The van der Waals surface area contributed by atoms with E-state index in [1.165, 1.54) is 18.2 Å². The SMILES string of the molecule is CNOC(=O)CC(/N=C/C(C)Cc1ccc(C(C)C)cc1)C(=O)OC(C)(C)CC(C)(C)C. The van der Waals surface area contributed by atoms with E-state index in [1.807, 2.05) is 20.8 Å². The van der Waals surface area contributed by atoms with Crippen molar-refractivity contribution in [2.24, 2.45) is 16.3 Å². The molecule has 6 nitrogen and oxygen atoms in total. The lowest BCUT2D eigenvalue weighted by Gasteiger charge is -2.32. The number of hydrogen-bond donors (Lipinski definition) is 1. The van der Waals surface area contributed by atoms with Gasteiger partial charge in [0.05, 0.1) is 6.42 Å². The van der Waals surface area contributed by atoms with Crippen LogP contribution in [-0.4, -0.2) is 36.8 Å². The van der Waals surface area contributed by atoms with Gasteiger partial charge in [-0.05, 0) is 55.1 Å². The molecule has 0 amide bonds. The van der Waals surface area contributed by atoms with Crippen LogP contribution in [-0.2, 0) is 25.6 Å². The summed E-state index contributed by atoms with van der Waals surface area (Å²) in [5.74, 6) is -0.484. The predicted molar refractivity (Wildman–Crippen MR) is 130 cm³/mol. The maximum atomic E-state index is 12.9. The van der Waals surface area contributed by atoms with Crippen LogP contribution < -0.4 is 5.48 Å². The Bertz CT molecular complexity index is 761. The molecule has 1 N–H and O–H groups in total. The molecule has 1 rings (SSSR count). The minimum absolute atomic E-state index is 0.00671. The monoisotopic (exact) mass is 446 g/mol. The van der Waals surface area contributed by atoms with Crippen LogP contribution in [0.3, 0.4) is 0 Å². The minimum atomic E-state index is -0.944. The van der Waals surface area contributed by atoms with Crippen LogP contribution in [0.2, 0.25) is 0 Å². The highest BCUT2D eigenvalue weighted by molar-refractivity contribution is 5.84. The van der Waals surface area contributed by atoms with Crippen molar-refractivity contribution < 1.29 is 19.2 Å². The Balaban J connectivity index is 2.88. The predicted octanol–water partition coefficient (Wildman–Crippen LogP) is 5.25. The van der Waals surface area contributed by atoms with Crippen LogP contribution >= 0.6 is 0 Å². The summed E-state index contributed by atoms with van der Waals surface area (Å²) in [5, 5.41) is 0. The molecule has 180 valence electrons. The van der Waals surface area contributed by atoms with Gasteiger partial charge in [-0.25, -0.2) is 4.79 Å². The molecule has 0 spiro atoms. The topological polar surface area (TPSA) is 77.0 Å². The quantitative estimate of drug-likeness (QED) is 0.285. The summed E-state index contributed by atoms with van der Waals surface area (Å²) in [5.41, 5.74) is 4.18. The zero-order valence-electron chi connectivity index (χ0n) is 21.3. The van der Waals surface area contributed by atoms with Gasteiger partial charge >= 0.3 is 11.9 Å². The summed E-state index contributed by atoms with van der Waals surface area (Å²) in [4.78, 5) is 34.1. The van der Waals surface area contributed by atoms with Crippen molar-refractivity contribution in [2.45, 2.75) is 92.2 Å². The van der Waals surface area contributed by atoms with Gasteiger partial charge in [0.25, 0.3) is 0 Å². The number of nitrogens with zero attached hydrogens (tertiary/aromatic N) is 1. The average molecular weight is 447 g/mol. The number of benzene rings is 1. The normalized spacial score (nSPS) is 14.4. The zero-order chi connectivity index (χ0) is 24.5. The third kappa shape index (κ3) is 10.9. The second kappa shape index (κ2) is 12.1. The van der Waals surface area contributed by atoms with Gasteiger partial charge in [-0.2, -0.15) is 5.48 Å². The molecule has 2 unspecified atom stereocenters. The number of carbonyl (C=O) groups is 2. The fraction of sp³-hybridized carbons (Fsp3) is 0.654. The molecule has 1 aromatic rings. The number of hydroxylamine groups is 1. The van der Waals surface area contributed by atoms with Crippen molar-refractivity contribution >= 4 is 18.2 Å². The van der Waals surface area contributed by atoms with Crippen LogP contribution in [0.1, 0.15) is 85.3 Å². The highest BCUT2D eigenvalue weighted by Gasteiger charge is 2.33. The van der Waals surface area contributed by atoms with E-state index < -0.39 is 23.6 Å². The van der Waals surface area contributed by atoms with Crippen LogP contribution in [0.15, 0.2) is 29.3 Å². The molecule has 0 aliphatic carbocycles. The van der Waals surface area contributed by atoms with E-state index in [-0.39, 0.29) is 17.8 Å². The fourth-order valence-corrected chi connectivity index (χ4v) is 3.88. The van der Waals surface area contributed by atoms with Crippen LogP contribution in [0.4, 0.5) is 0 Å². The number of aliphatic imine (C=N–C) groups is 1. The van der Waals surface area contributed by atoms with Gasteiger partial charge in [-0.1, -0.05) is 65.8 Å². The second-order valence-corrected chi connectivity index (χ2v) is 10.7. The van der Waals surface area contributed by atoms with Crippen molar-refractivity contribution in [3.63, 3.8) is 0 Å². The van der Waals surface area contributed by atoms with Crippen LogP contribution in [0.5, 0.6) is 0 Å². The van der Waals surface area contributed by atoms with Crippen molar-refractivity contribution in [1.29, 1.82) is 0 Å². The molecule has 0 radical (unpaired) electrons. The summed E-state index contributed by atoms with van der Waals surface area (Å²) < 4.78 is 5.76. The van der Waals surface area contributed by atoms with E-state index in [9.17, 15) is 9.59 Å². The summed E-state index contributed by atoms with van der Waals surface area (Å²) in [7, 11) is 1.49. The maximum absolute atomic E-state index is 12.9. The fourth-order valence-electron chi connectivity index (χ4n) is 3.88. The van der Waals surface area contributed by atoms with E-state index in [1.54, 1.807) is 6.21 Å². The van der Waals surface area contributed by atoms with Gasteiger partial charge in [0.15, 0.2) is 6.04 Å². The van der Waals surface area contributed by atoms with Crippen molar-refractivity contribution in [2.75, 3.05) is 7.05 Å². The molecular weight excluding hydrogens is 404 g/mol. The molecule has 2 atom stereocenters. The summed E-state index contributed by atoms with van der Waals surface area (Å²) >= 11 is 0. The number of esters is 1. The highest BCUT2D eigenvalue weighted by atomic mass is 16.7. The largest absolute Gasteiger partial charge is 0.458 e. The van der Waals surface area contributed by atoms with E-state index in [4.69, 9.17) is 9.57 Å². The van der Waals surface area contributed by atoms with Crippen molar-refractivity contribution in [1.82, 2.24) is 5.48 Å². The third-order valence-corrected chi connectivity index (χ3v) is 4.91. The first kappa shape index (κ1) is 27.8. The summed E-state index contributed by atoms with van der Waals surface area (Å²) in [6, 6.07) is 7.61. The molecule has 0 saturated carbocycles. The van der Waals surface area contributed by atoms with Gasteiger partial charge in [0.2, 0.25) is 0 Å². The minimum Gasteiger partial charge on any atom is -0.458 e. The van der Waals surface area contributed by atoms with Crippen LogP contribution in [0, 0.1) is 11.3 Å². The molecule has 0 aliphatic heterocycles. The smallest absolute Gasteiger partial charge is 0.331 e. The van der Waals surface area contributed by atoms with E-state index >= 15 is 0 Å². The molecule has 1 aromatic carbocycles. The van der Waals surface area contributed by atoms with E-state index in [0.29, 0.717) is 12.3 Å². The molecule has 0 aromatic heterocycles. The van der Waals surface area contributed by atoms with Crippen molar-refractivity contribution in [3.8, 4) is 0 Å². The lowest BCUT2D eigenvalue weighted by atomic mass is 9.83. The first-order valence-electron chi connectivity index (χ1n) is 11.4. The molecule has 0 bridgehead atoms. The zero-order valence-corrected chi connectivity index (χ0v) is 21.3. The Morgan fingerprint density at radius 3 is 2.16 bits per heavy atom. The molecule has 0 heterocycles. The Morgan fingerprint density at radius 1 is 1.06 bits per heavy atom. The number of rotatable bonds is 11. The molecule has 0 saturated heterocycles. The Labute approximate surface area is 194 Å². The van der Waals surface area contributed by atoms with Gasteiger partial charge < -0.3 is 9.57 Å². The highest BCUT2D eigenvalue weighted by Crippen LogP contribution is 2.30. The van der Waals surface area contributed by atoms with E-state index in [0.717, 1.165) is 6.42 Å². The van der Waals surface area contributed by atoms with Crippen LogP contribution in [0.25, 0.3) is 0 Å². The van der Waals surface area contributed by atoms with E-state index in [2.05, 4.69) is 69.4 Å². The van der Waals surface area contributed by atoms with Gasteiger partial charge in [-0.3, -0.25) is 9.79 Å². The standard InChI is InChI=1S/C26H42N2O4/c1-18(2)21-12-10-20(11-13-21)14-19(3)16-28-22(15-23(29)32-27-9)24(30)31-26(7,8)17-25(4,5)6/h10-13,16,18-19,22,27H,14-15,17H2,1-9H3/b28-16+. The van der Waals surface area contributed by atoms with Gasteiger partial charge in [0.1, 0.15) is 5.60 Å². The second-order valence-electron chi connectivity index (χ2n) is 10.7. The van der Waals surface area contributed by atoms with Gasteiger partial charge in [-0.15, -0.1) is 0 Å². The number of carbonyl (C=O) groups excluding carboxylic acids is 2. The molecule has 32 heavy (non-hydrogen) atoms. The maximum Gasteiger partial charge on any atom is 0.331 e. The lowest BCUT2D eigenvalue weighted by molar-refractivity contribution is -0.164. The first-order chi connectivity index (χ1) is 14.7. The third-order valence-electron chi connectivity index (χ3n) is 4.91. The molecule has 0 fully saturated rings. The molecule has 0 aliphatic rings. The lowest BCUT2D eigenvalue weighted by Crippen LogP contribution is -2.37. The number of nitrogens with one attached hydrogen (secondary N) is 1. The Morgan fingerprint density at radius 2 is 1.66 bits per heavy atom. The number of hydrogen-bond acceptors (Lipinski definition) is 6. The van der Waals surface area contributed by atoms with Gasteiger partial charge in [0, 0.05) is 13.3 Å².